The van der Waals surface area contributed by atoms with Crippen LogP contribution in [0.15, 0.2) is 48.5 Å². The second kappa shape index (κ2) is 6.60. The van der Waals surface area contributed by atoms with Crippen LogP contribution in [0.3, 0.4) is 0 Å². The standard InChI is InChI=1S/C18H17FN2O2/c19-15-8-5-14(6-9-15)18(23)20-11-12-21-16-4-2-1-3-13(16)7-10-17(21)22/h1-6,8-9H,7,10-12H2,(H,20,23). The van der Waals surface area contributed by atoms with Gasteiger partial charge in [-0.1, -0.05) is 18.2 Å². The highest BCUT2D eigenvalue weighted by molar-refractivity contribution is 5.97. The third-order valence-corrected chi connectivity index (χ3v) is 3.92. The molecule has 3 rings (SSSR count). The molecule has 0 aromatic heterocycles. The molecule has 0 aliphatic carbocycles. The fraction of sp³-hybridized carbons (Fsp3) is 0.222. The first-order valence-corrected chi connectivity index (χ1v) is 7.57. The quantitative estimate of drug-likeness (QED) is 0.943. The number of anilines is 1. The van der Waals surface area contributed by atoms with E-state index in [4.69, 9.17) is 0 Å². The summed E-state index contributed by atoms with van der Waals surface area (Å²) in [5.74, 6) is -0.584. The van der Waals surface area contributed by atoms with Gasteiger partial charge in [-0.15, -0.1) is 0 Å². The maximum absolute atomic E-state index is 12.9. The Morgan fingerprint density at radius 1 is 1.09 bits per heavy atom. The van der Waals surface area contributed by atoms with Gasteiger partial charge in [0.15, 0.2) is 0 Å². The van der Waals surface area contributed by atoms with E-state index in [0.29, 0.717) is 25.1 Å². The lowest BCUT2D eigenvalue weighted by atomic mass is 10.0. The molecule has 2 aromatic rings. The third kappa shape index (κ3) is 3.39. The number of nitrogens with one attached hydrogen (secondary N) is 1. The maximum atomic E-state index is 12.9. The molecule has 23 heavy (non-hydrogen) atoms. The number of benzene rings is 2. The van der Waals surface area contributed by atoms with E-state index >= 15 is 0 Å². The fourth-order valence-corrected chi connectivity index (χ4v) is 2.73. The van der Waals surface area contributed by atoms with E-state index in [1.54, 1.807) is 4.90 Å². The zero-order valence-corrected chi connectivity index (χ0v) is 12.6. The van der Waals surface area contributed by atoms with Crippen molar-refractivity contribution in [2.75, 3.05) is 18.0 Å². The van der Waals surface area contributed by atoms with E-state index in [9.17, 15) is 14.0 Å². The largest absolute Gasteiger partial charge is 0.350 e. The molecule has 0 saturated carbocycles. The number of para-hydroxylation sites is 1. The number of hydrogen-bond donors (Lipinski definition) is 1. The first-order chi connectivity index (χ1) is 11.1. The van der Waals surface area contributed by atoms with Crippen molar-refractivity contribution in [3.05, 3.63) is 65.5 Å². The van der Waals surface area contributed by atoms with Crippen LogP contribution in [-0.4, -0.2) is 24.9 Å². The molecule has 0 atom stereocenters. The molecule has 2 amide bonds. The van der Waals surface area contributed by atoms with Crippen molar-refractivity contribution in [2.45, 2.75) is 12.8 Å². The van der Waals surface area contributed by atoms with Crippen molar-refractivity contribution in [3.8, 4) is 0 Å². The Morgan fingerprint density at radius 3 is 2.61 bits per heavy atom. The van der Waals surface area contributed by atoms with Crippen LogP contribution in [0.25, 0.3) is 0 Å². The van der Waals surface area contributed by atoms with Crippen molar-refractivity contribution in [3.63, 3.8) is 0 Å². The molecule has 0 saturated heterocycles. The van der Waals surface area contributed by atoms with Gasteiger partial charge >= 0.3 is 0 Å². The fourth-order valence-electron chi connectivity index (χ4n) is 2.73. The molecular weight excluding hydrogens is 295 g/mol. The van der Waals surface area contributed by atoms with Crippen molar-refractivity contribution < 1.29 is 14.0 Å². The number of aryl methyl sites for hydroxylation is 1. The van der Waals surface area contributed by atoms with Gasteiger partial charge in [0, 0.05) is 30.8 Å². The average Bonchev–Trinajstić information content (AvgIpc) is 2.57. The van der Waals surface area contributed by atoms with Gasteiger partial charge in [-0.2, -0.15) is 0 Å². The van der Waals surface area contributed by atoms with E-state index in [2.05, 4.69) is 5.32 Å². The Balaban J connectivity index is 1.61. The second-order valence-corrected chi connectivity index (χ2v) is 5.44. The van der Waals surface area contributed by atoms with Gasteiger partial charge in [0.2, 0.25) is 5.91 Å². The minimum absolute atomic E-state index is 0.0692. The highest BCUT2D eigenvalue weighted by Gasteiger charge is 2.23. The number of fused-ring (bicyclic) bond motifs is 1. The van der Waals surface area contributed by atoms with E-state index < -0.39 is 0 Å². The van der Waals surface area contributed by atoms with Crippen molar-refractivity contribution in [1.29, 1.82) is 0 Å². The van der Waals surface area contributed by atoms with Crippen LogP contribution in [0.2, 0.25) is 0 Å². The maximum Gasteiger partial charge on any atom is 0.251 e. The second-order valence-electron chi connectivity index (χ2n) is 5.44. The Hall–Kier alpha value is -2.69. The minimum Gasteiger partial charge on any atom is -0.350 e. The molecule has 2 aromatic carbocycles. The Kier molecular flexibility index (Phi) is 4.37. The number of rotatable bonds is 4. The molecule has 118 valence electrons. The predicted octanol–water partition coefficient (Wildman–Crippen LogP) is 2.53. The predicted molar refractivity (Wildman–Crippen MR) is 85.8 cm³/mol. The molecule has 4 nitrogen and oxygen atoms in total. The first-order valence-electron chi connectivity index (χ1n) is 7.57. The first kappa shape index (κ1) is 15.2. The number of carbonyl (C=O) groups is 2. The normalized spacial score (nSPS) is 13.6. The van der Waals surface area contributed by atoms with Crippen LogP contribution < -0.4 is 10.2 Å². The Labute approximate surface area is 133 Å². The van der Waals surface area contributed by atoms with E-state index in [0.717, 1.165) is 17.7 Å². The van der Waals surface area contributed by atoms with Crippen LogP contribution in [0.1, 0.15) is 22.3 Å². The monoisotopic (exact) mass is 312 g/mol. The van der Waals surface area contributed by atoms with E-state index in [1.807, 2.05) is 24.3 Å². The van der Waals surface area contributed by atoms with E-state index in [1.165, 1.54) is 24.3 Å². The molecule has 0 bridgehead atoms. The number of amides is 2. The number of halogens is 1. The zero-order valence-electron chi connectivity index (χ0n) is 12.6. The molecule has 1 heterocycles. The number of hydrogen-bond acceptors (Lipinski definition) is 2. The zero-order chi connectivity index (χ0) is 16.2. The summed E-state index contributed by atoms with van der Waals surface area (Å²) >= 11 is 0. The van der Waals surface area contributed by atoms with Crippen molar-refractivity contribution >= 4 is 17.5 Å². The summed E-state index contributed by atoms with van der Waals surface area (Å²) in [5, 5.41) is 2.76. The molecule has 0 fully saturated rings. The van der Waals surface area contributed by atoms with Gasteiger partial charge < -0.3 is 10.2 Å². The summed E-state index contributed by atoms with van der Waals surface area (Å²) in [6.07, 6.45) is 1.25. The van der Waals surface area contributed by atoms with Gasteiger partial charge in [0.05, 0.1) is 0 Å². The molecule has 0 spiro atoms. The molecular formula is C18H17FN2O2. The van der Waals surface area contributed by atoms with Crippen LogP contribution in [0.4, 0.5) is 10.1 Å². The van der Waals surface area contributed by atoms with Crippen molar-refractivity contribution in [2.24, 2.45) is 0 Å². The van der Waals surface area contributed by atoms with Crippen molar-refractivity contribution in [1.82, 2.24) is 5.32 Å². The SMILES string of the molecule is O=C(NCCN1C(=O)CCc2ccccc21)c1ccc(F)cc1. The smallest absolute Gasteiger partial charge is 0.251 e. The molecule has 1 N–H and O–H groups in total. The Morgan fingerprint density at radius 2 is 1.83 bits per heavy atom. The van der Waals surface area contributed by atoms with Gasteiger partial charge in [-0.05, 0) is 42.3 Å². The summed E-state index contributed by atoms with van der Waals surface area (Å²) in [6, 6.07) is 13.2. The van der Waals surface area contributed by atoms with E-state index in [-0.39, 0.29) is 17.6 Å². The summed E-state index contributed by atoms with van der Waals surface area (Å²) in [5.41, 5.74) is 2.47. The average molecular weight is 312 g/mol. The lowest BCUT2D eigenvalue weighted by Gasteiger charge is -2.29. The van der Waals surface area contributed by atoms with Crippen LogP contribution in [0.5, 0.6) is 0 Å². The summed E-state index contributed by atoms with van der Waals surface area (Å²) in [6.45, 7) is 0.763. The number of nitrogens with zero attached hydrogens (tertiary/aromatic N) is 1. The third-order valence-electron chi connectivity index (χ3n) is 3.92. The van der Waals surface area contributed by atoms with Gasteiger partial charge in [-0.3, -0.25) is 9.59 Å². The lowest BCUT2D eigenvalue weighted by molar-refractivity contribution is -0.118. The topological polar surface area (TPSA) is 49.4 Å². The summed E-state index contributed by atoms with van der Waals surface area (Å²) in [4.78, 5) is 25.8. The molecule has 0 unspecified atom stereocenters. The lowest BCUT2D eigenvalue weighted by Crippen LogP contribution is -2.41. The van der Waals surface area contributed by atoms with Crippen LogP contribution in [0, 0.1) is 5.82 Å². The molecule has 5 heteroatoms. The summed E-state index contributed by atoms with van der Waals surface area (Å²) in [7, 11) is 0. The molecule has 0 radical (unpaired) electrons. The molecule has 1 aliphatic heterocycles. The van der Waals surface area contributed by atoms with Crippen LogP contribution in [-0.2, 0) is 11.2 Å². The highest BCUT2D eigenvalue weighted by atomic mass is 19.1. The van der Waals surface area contributed by atoms with Crippen LogP contribution >= 0.6 is 0 Å². The molecule has 1 aliphatic rings. The Bertz CT molecular complexity index is 728. The highest BCUT2D eigenvalue weighted by Crippen LogP contribution is 2.26. The minimum atomic E-state index is -0.378. The van der Waals surface area contributed by atoms with Gasteiger partial charge in [0.1, 0.15) is 5.82 Å². The van der Waals surface area contributed by atoms with Gasteiger partial charge in [0.25, 0.3) is 5.91 Å². The number of carbonyl (C=O) groups excluding carboxylic acids is 2. The van der Waals surface area contributed by atoms with Gasteiger partial charge in [-0.25, -0.2) is 4.39 Å². The summed E-state index contributed by atoms with van der Waals surface area (Å²) < 4.78 is 12.9.